The lowest BCUT2D eigenvalue weighted by atomic mass is 10.1. The maximum atomic E-state index is 11.2. The van der Waals surface area contributed by atoms with Crippen molar-refractivity contribution in [1.82, 2.24) is 0 Å². The van der Waals surface area contributed by atoms with Gasteiger partial charge in [0.05, 0.1) is 19.7 Å². The van der Waals surface area contributed by atoms with Gasteiger partial charge in [0.1, 0.15) is 86.5 Å². The quantitative estimate of drug-likeness (QED) is 0.0294. The first-order valence-corrected chi connectivity index (χ1v) is 21.2. The van der Waals surface area contributed by atoms with Gasteiger partial charge in [-0.2, -0.15) is 0 Å². The number of benzene rings is 7. The van der Waals surface area contributed by atoms with E-state index in [1.165, 1.54) is 97.1 Å². The van der Waals surface area contributed by atoms with Crippen molar-refractivity contribution in [3.8, 4) is 40.2 Å². The molecule has 0 bridgehead atoms. The molecule has 0 aliphatic carbocycles. The van der Waals surface area contributed by atoms with Crippen molar-refractivity contribution in [3.63, 3.8) is 0 Å². The topological polar surface area (TPSA) is 237 Å². The van der Waals surface area contributed by atoms with Gasteiger partial charge in [0.25, 0.3) is 22.7 Å². The lowest BCUT2D eigenvalue weighted by Gasteiger charge is -2.18. The van der Waals surface area contributed by atoms with Crippen LogP contribution in [-0.2, 0) is 39.6 Å². The van der Waals surface area contributed by atoms with Crippen LogP contribution in [0.3, 0.4) is 0 Å². The maximum Gasteiger partial charge on any atom is 0.269 e. The maximum absolute atomic E-state index is 11.2. The summed E-state index contributed by atoms with van der Waals surface area (Å²) in [4.78, 5) is 42.7. The molecule has 0 aliphatic rings. The van der Waals surface area contributed by atoms with Crippen LogP contribution in [0.1, 0.15) is 33.4 Å². The molecule has 19 nitrogen and oxygen atoms in total. The van der Waals surface area contributed by atoms with Crippen LogP contribution in [0.15, 0.2) is 164 Å². The highest BCUT2D eigenvalue weighted by Crippen LogP contribution is 2.31. The SMILES string of the molecule is C=CCOc1ccc(COc2ccc(COc3ccc([N+](=O)[O-])cc3)cc2COc2ccc([N+](=O)[O-])cc2)cc1COc1ccc(COc2ccc([N+](=O)[O-])cc2)cc1COc1ccc([N+](=O)[O-])cc1. The standard InChI is InChI=1S/C51H42N4O15/c1-2-25-64-49-22-3-37(31-69-50-23-4-35(29-65-45-14-6-41(7-15-45)52(56)57)26-38(50)32-67-47-18-10-43(11-19-47)54(60)61)28-40(49)34-70-51-24-5-36(30-66-46-16-8-42(9-17-46)53(58)59)27-39(51)33-68-48-20-12-44(13-21-48)55(62)63/h2-24,26-28H,1,25,29-34H2. The van der Waals surface area contributed by atoms with Crippen LogP contribution in [-0.4, -0.2) is 26.3 Å². The Labute approximate surface area is 399 Å². The Bertz CT molecular complexity index is 2970. The molecule has 0 radical (unpaired) electrons. The van der Waals surface area contributed by atoms with Crippen molar-refractivity contribution in [2.24, 2.45) is 0 Å². The average molecular weight is 951 g/mol. The van der Waals surface area contributed by atoms with Crippen LogP contribution in [0.4, 0.5) is 22.7 Å². The molecule has 0 saturated heterocycles. The van der Waals surface area contributed by atoms with Gasteiger partial charge in [-0.25, -0.2) is 0 Å². The molecule has 0 aliphatic heterocycles. The van der Waals surface area contributed by atoms with Crippen molar-refractivity contribution in [3.05, 3.63) is 238 Å². The minimum atomic E-state index is -0.500. The van der Waals surface area contributed by atoms with Crippen molar-refractivity contribution >= 4 is 22.7 Å². The molecule has 0 aromatic heterocycles. The molecule has 0 heterocycles. The van der Waals surface area contributed by atoms with Crippen LogP contribution in [0.25, 0.3) is 0 Å². The largest absolute Gasteiger partial charge is 0.489 e. The summed E-state index contributed by atoms with van der Waals surface area (Å²) in [5.41, 5.74) is 3.91. The lowest BCUT2D eigenvalue weighted by molar-refractivity contribution is -0.385. The molecular formula is C51H42N4O15. The fourth-order valence-corrected chi connectivity index (χ4v) is 6.71. The van der Waals surface area contributed by atoms with Gasteiger partial charge in [-0.05, 0) is 102 Å². The summed E-state index contributed by atoms with van der Waals surface area (Å²) in [6, 6.07) is 39.2. The molecular weight excluding hydrogens is 909 g/mol. The number of rotatable bonds is 25. The second kappa shape index (κ2) is 23.3. The number of non-ortho nitro benzene ring substituents is 4. The zero-order valence-electron chi connectivity index (χ0n) is 37.1. The number of ether oxygens (including phenoxy) is 7. The molecule has 0 N–H and O–H groups in total. The normalized spacial score (nSPS) is 10.6. The monoisotopic (exact) mass is 950 g/mol. The molecule has 356 valence electrons. The number of nitro benzene ring substituents is 4. The molecule has 0 spiro atoms. The van der Waals surface area contributed by atoms with E-state index >= 15 is 0 Å². The van der Waals surface area contributed by atoms with Gasteiger partial charge in [0.2, 0.25) is 0 Å². The first-order valence-electron chi connectivity index (χ1n) is 21.2. The molecule has 70 heavy (non-hydrogen) atoms. The summed E-state index contributed by atoms with van der Waals surface area (Å²) in [5, 5.41) is 44.6. The van der Waals surface area contributed by atoms with E-state index < -0.39 is 19.7 Å². The van der Waals surface area contributed by atoms with E-state index in [9.17, 15) is 40.5 Å². The highest BCUT2D eigenvalue weighted by atomic mass is 16.6. The highest BCUT2D eigenvalue weighted by molar-refractivity contribution is 5.44. The van der Waals surface area contributed by atoms with E-state index in [0.29, 0.717) is 56.9 Å². The summed E-state index contributed by atoms with van der Waals surface area (Å²) in [6.45, 7) is 4.44. The van der Waals surface area contributed by atoms with Gasteiger partial charge in [0.15, 0.2) is 0 Å². The zero-order valence-corrected chi connectivity index (χ0v) is 37.1. The van der Waals surface area contributed by atoms with E-state index in [-0.39, 0.29) is 69.0 Å². The third-order valence-corrected chi connectivity index (χ3v) is 10.3. The average Bonchev–Trinajstić information content (AvgIpc) is 3.37. The van der Waals surface area contributed by atoms with Gasteiger partial charge in [0, 0.05) is 65.2 Å². The Hall–Kier alpha value is -9.52. The third kappa shape index (κ3) is 13.5. The minimum absolute atomic E-state index is 0.0183. The van der Waals surface area contributed by atoms with E-state index in [2.05, 4.69) is 6.58 Å². The first-order chi connectivity index (χ1) is 33.9. The number of hydrogen-bond acceptors (Lipinski definition) is 15. The summed E-state index contributed by atoms with van der Waals surface area (Å²) < 4.78 is 42.7. The third-order valence-electron chi connectivity index (χ3n) is 10.3. The Balaban J connectivity index is 1.09. The highest BCUT2D eigenvalue weighted by Gasteiger charge is 2.15. The van der Waals surface area contributed by atoms with E-state index in [4.69, 9.17) is 33.2 Å². The van der Waals surface area contributed by atoms with Crippen LogP contribution < -0.4 is 33.2 Å². The van der Waals surface area contributed by atoms with E-state index in [0.717, 1.165) is 16.7 Å². The van der Waals surface area contributed by atoms with Crippen LogP contribution in [0.2, 0.25) is 0 Å². The second-order valence-electron chi connectivity index (χ2n) is 15.2. The van der Waals surface area contributed by atoms with Crippen molar-refractivity contribution in [2.45, 2.75) is 39.6 Å². The zero-order chi connectivity index (χ0) is 49.4. The Morgan fingerprint density at radius 3 is 0.900 bits per heavy atom. The van der Waals surface area contributed by atoms with Gasteiger partial charge >= 0.3 is 0 Å². The summed E-state index contributed by atoms with van der Waals surface area (Å²) in [7, 11) is 0. The molecule has 7 aromatic carbocycles. The van der Waals surface area contributed by atoms with Gasteiger partial charge < -0.3 is 33.2 Å². The van der Waals surface area contributed by atoms with E-state index in [1.807, 2.05) is 36.4 Å². The van der Waals surface area contributed by atoms with Crippen LogP contribution in [0, 0.1) is 40.5 Å². The van der Waals surface area contributed by atoms with Gasteiger partial charge in [-0.15, -0.1) is 0 Å². The first kappa shape index (κ1) is 48.4. The summed E-state index contributed by atoms with van der Waals surface area (Å²) >= 11 is 0. The Kier molecular flexibility index (Phi) is 16.1. The number of hydrogen-bond donors (Lipinski definition) is 0. The van der Waals surface area contributed by atoms with Crippen LogP contribution in [0.5, 0.6) is 40.2 Å². The smallest absolute Gasteiger partial charge is 0.269 e. The van der Waals surface area contributed by atoms with Crippen LogP contribution >= 0.6 is 0 Å². The predicted octanol–water partition coefficient (Wildman–Crippen LogP) is 11.4. The Morgan fingerprint density at radius 1 is 0.343 bits per heavy atom. The molecule has 0 fully saturated rings. The van der Waals surface area contributed by atoms with Crippen molar-refractivity contribution < 1.29 is 52.9 Å². The Morgan fingerprint density at radius 2 is 0.600 bits per heavy atom. The number of nitrogens with zero attached hydrogens (tertiary/aromatic N) is 4. The minimum Gasteiger partial charge on any atom is -0.489 e. The molecule has 19 heteroatoms. The summed E-state index contributed by atoms with van der Waals surface area (Å²) in [5.74, 6) is 3.15. The second-order valence-corrected chi connectivity index (χ2v) is 15.2. The van der Waals surface area contributed by atoms with Crippen molar-refractivity contribution in [2.75, 3.05) is 6.61 Å². The lowest BCUT2D eigenvalue weighted by Crippen LogP contribution is -2.07. The molecule has 0 unspecified atom stereocenters. The van der Waals surface area contributed by atoms with E-state index in [1.54, 1.807) is 24.3 Å². The molecule has 7 aromatic rings. The predicted molar refractivity (Wildman–Crippen MR) is 253 cm³/mol. The fourth-order valence-electron chi connectivity index (χ4n) is 6.71. The molecule has 0 atom stereocenters. The summed E-state index contributed by atoms with van der Waals surface area (Å²) in [6.07, 6.45) is 1.62. The van der Waals surface area contributed by atoms with Gasteiger partial charge in [-0.3, -0.25) is 40.5 Å². The fraction of sp³-hybridized carbons (Fsp3) is 0.137. The van der Waals surface area contributed by atoms with Gasteiger partial charge in [-0.1, -0.05) is 30.9 Å². The van der Waals surface area contributed by atoms with Crippen molar-refractivity contribution in [1.29, 1.82) is 0 Å². The molecule has 0 saturated carbocycles. The molecule has 0 amide bonds. The number of nitro groups is 4. The molecule has 7 rings (SSSR count).